The molecule has 1 fully saturated rings. The Morgan fingerprint density at radius 1 is 1.44 bits per heavy atom. The van der Waals surface area contributed by atoms with Crippen molar-refractivity contribution < 1.29 is 9.53 Å². The van der Waals surface area contributed by atoms with Crippen LogP contribution in [0.5, 0.6) is 5.75 Å². The standard InChI is InChI=1S/C13H15N3O2/c1-8-4-10(12(18-3)5-9(8)2)11-6-16(7-14)13(17)15-11/h4-5,11H,6H2,1-3H3,(H,15,17). The average Bonchev–Trinajstić information content (AvgIpc) is 2.73. The summed E-state index contributed by atoms with van der Waals surface area (Å²) in [6, 6.07) is 3.39. The molecule has 0 spiro atoms. The zero-order valence-electron chi connectivity index (χ0n) is 10.7. The molecule has 2 amide bonds. The van der Waals surface area contributed by atoms with E-state index in [9.17, 15) is 4.79 Å². The predicted octanol–water partition coefficient (Wildman–Crippen LogP) is 1.86. The number of nitrogens with zero attached hydrogens (tertiary/aromatic N) is 2. The van der Waals surface area contributed by atoms with Crippen molar-refractivity contribution in [1.29, 1.82) is 5.26 Å². The van der Waals surface area contributed by atoms with E-state index in [1.54, 1.807) is 7.11 Å². The van der Waals surface area contributed by atoms with Gasteiger partial charge in [0, 0.05) is 5.56 Å². The topological polar surface area (TPSA) is 65.4 Å². The number of amides is 2. The lowest BCUT2D eigenvalue weighted by atomic mass is 10.00. The molecule has 1 aromatic rings. The normalized spacial score (nSPS) is 18.4. The zero-order chi connectivity index (χ0) is 13.3. The third-order valence-electron chi connectivity index (χ3n) is 3.25. The molecular weight excluding hydrogens is 230 g/mol. The van der Waals surface area contributed by atoms with Crippen LogP contribution in [0.3, 0.4) is 0 Å². The number of carbonyl (C=O) groups is 1. The Morgan fingerprint density at radius 2 is 2.11 bits per heavy atom. The fourth-order valence-corrected chi connectivity index (χ4v) is 2.06. The third-order valence-corrected chi connectivity index (χ3v) is 3.25. The first-order valence-corrected chi connectivity index (χ1v) is 5.69. The summed E-state index contributed by atoms with van der Waals surface area (Å²) in [6.07, 6.45) is 1.86. The highest BCUT2D eigenvalue weighted by atomic mass is 16.5. The average molecular weight is 245 g/mol. The van der Waals surface area contributed by atoms with Crippen molar-refractivity contribution in [2.24, 2.45) is 0 Å². The van der Waals surface area contributed by atoms with Crippen LogP contribution in [0, 0.1) is 25.3 Å². The monoisotopic (exact) mass is 245 g/mol. The fraction of sp³-hybridized carbons (Fsp3) is 0.385. The van der Waals surface area contributed by atoms with Gasteiger partial charge in [0.1, 0.15) is 5.75 Å². The molecule has 1 aliphatic rings. The molecule has 1 aliphatic heterocycles. The van der Waals surface area contributed by atoms with E-state index < -0.39 is 0 Å². The van der Waals surface area contributed by atoms with Gasteiger partial charge in [0.2, 0.25) is 0 Å². The van der Waals surface area contributed by atoms with Crippen LogP contribution in [0.1, 0.15) is 22.7 Å². The summed E-state index contributed by atoms with van der Waals surface area (Å²) in [6.45, 7) is 4.36. The van der Waals surface area contributed by atoms with Crippen LogP contribution in [0.4, 0.5) is 4.79 Å². The molecule has 94 valence electrons. The largest absolute Gasteiger partial charge is 0.496 e. The summed E-state index contributed by atoms with van der Waals surface area (Å²) in [5.74, 6) is 0.739. The minimum atomic E-state index is -0.359. The van der Waals surface area contributed by atoms with Crippen molar-refractivity contribution in [3.05, 3.63) is 28.8 Å². The predicted molar refractivity (Wildman–Crippen MR) is 66.1 cm³/mol. The quantitative estimate of drug-likeness (QED) is 0.809. The van der Waals surface area contributed by atoms with E-state index in [4.69, 9.17) is 10.00 Å². The zero-order valence-corrected chi connectivity index (χ0v) is 10.7. The second-order valence-electron chi connectivity index (χ2n) is 4.39. The van der Waals surface area contributed by atoms with Crippen molar-refractivity contribution in [2.75, 3.05) is 13.7 Å². The number of methoxy groups -OCH3 is 1. The molecule has 0 aromatic heterocycles. The van der Waals surface area contributed by atoms with Crippen molar-refractivity contribution in [1.82, 2.24) is 10.2 Å². The van der Waals surface area contributed by atoms with Gasteiger partial charge in [-0.05, 0) is 37.1 Å². The van der Waals surface area contributed by atoms with Crippen LogP contribution < -0.4 is 10.1 Å². The van der Waals surface area contributed by atoms with Crippen molar-refractivity contribution >= 4 is 6.03 Å². The highest BCUT2D eigenvalue weighted by molar-refractivity contribution is 5.79. The van der Waals surface area contributed by atoms with E-state index in [2.05, 4.69) is 5.32 Å². The minimum absolute atomic E-state index is 0.202. The van der Waals surface area contributed by atoms with Crippen LogP contribution in [0.15, 0.2) is 12.1 Å². The first-order valence-electron chi connectivity index (χ1n) is 5.69. The Morgan fingerprint density at radius 3 is 2.67 bits per heavy atom. The molecule has 1 unspecified atom stereocenters. The van der Waals surface area contributed by atoms with Gasteiger partial charge < -0.3 is 10.1 Å². The third kappa shape index (κ3) is 1.97. The van der Waals surface area contributed by atoms with Gasteiger partial charge in [-0.25, -0.2) is 9.69 Å². The molecule has 5 heteroatoms. The van der Waals surface area contributed by atoms with Crippen molar-refractivity contribution in [3.8, 4) is 11.9 Å². The SMILES string of the molecule is COc1cc(C)c(C)cc1C1CN(C#N)C(=O)N1. The van der Waals surface area contributed by atoms with Gasteiger partial charge in [0.05, 0.1) is 19.7 Å². The lowest BCUT2D eigenvalue weighted by molar-refractivity contribution is 0.232. The maximum Gasteiger partial charge on any atom is 0.331 e. The molecule has 18 heavy (non-hydrogen) atoms. The maximum atomic E-state index is 11.5. The van der Waals surface area contributed by atoms with Gasteiger partial charge in [-0.1, -0.05) is 0 Å². The van der Waals surface area contributed by atoms with Gasteiger partial charge in [-0.15, -0.1) is 0 Å². The van der Waals surface area contributed by atoms with Gasteiger partial charge >= 0.3 is 6.03 Å². The Kier molecular flexibility index (Phi) is 3.11. The number of urea groups is 1. The summed E-state index contributed by atoms with van der Waals surface area (Å²) < 4.78 is 5.34. The van der Waals surface area contributed by atoms with Crippen LogP contribution in [-0.2, 0) is 0 Å². The van der Waals surface area contributed by atoms with Gasteiger partial charge in [0.15, 0.2) is 6.19 Å². The first-order chi connectivity index (χ1) is 8.56. The molecule has 0 radical (unpaired) electrons. The van der Waals surface area contributed by atoms with Crippen molar-refractivity contribution in [2.45, 2.75) is 19.9 Å². The molecule has 0 aliphatic carbocycles. The molecule has 1 aromatic carbocycles. The lowest BCUT2D eigenvalue weighted by Gasteiger charge is -2.16. The lowest BCUT2D eigenvalue weighted by Crippen LogP contribution is -2.23. The minimum Gasteiger partial charge on any atom is -0.496 e. The maximum absolute atomic E-state index is 11.5. The first kappa shape index (κ1) is 12.2. The van der Waals surface area contributed by atoms with Crippen LogP contribution in [0.25, 0.3) is 0 Å². The highest BCUT2D eigenvalue weighted by Crippen LogP contribution is 2.31. The number of nitriles is 1. The summed E-state index contributed by atoms with van der Waals surface area (Å²) >= 11 is 0. The van der Waals surface area contributed by atoms with E-state index in [0.717, 1.165) is 27.3 Å². The number of carbonyl (C=O) groups excluding carboxylic acids is 1. The van der Waals surface area contributed by atoms with Gasteiger partial charge in [-0.2, -0.15) is 5.26 Å². The number of hydrogen-bond donors (Lipinski definition) is 1. The molecular formula is C13H15N3O2. The smallest absolute Gasteiger partial charge is 0.331 e. The van der Waals surface area contributed by atoms with E-state index in [-0.39, 0.29) is 12.1 Å². The van der Waals surface area contributed by atoms with Crippen molar-refractivity contribution in [3.63, 3.8) is 0 Å². The molecule has 2 rings (SSSR count). The fourth-order valence-electron chi connectivity index (χ4n) is 2.06. The van der Waals surface area contributed by atoms with E-state index in [1.807, 2.05) is 32.2 Å². The molecule has 1 N–H and O–H groups in total. The van der Waals surface area contributed by atoms with E-state index in [0.29, 0.717) is 6.54 Å². The molecule has 1 saturated heterocycles. The van der Waals surface area contributed by atoms with Crippen LogP contribution in [0.2, 0.25) is 0 Å². The molecule has 0 bridgehead atoms. The van der Waals surface area contributed by atoms with Gasteiger partial charge in [0.25, 0.3) is 0 Å². The Hall–Kier alpha value is -2.22. The Labute approximate surface area is 106 Å². The Balaban J connectivity index is 2.38. The number of benzene rings is 1. The second kappa shape index (κ2) is 4.57. The van der Waals surface area contributed by atoms with Crippen LogP contribution >= 0.6 is 0 Å². The number of ether oxygens (including phenoxy) is 1. The summed E-state index contributed by atoms with van der Waals surface area (Å²) in [4.78, 5) is 12.6. The van der Waals surface area contributed by atoms with Crippen LogP contribution in [-0.4, -0.2) is 24.6 Å². The summed E-state index contributed by atoms with van der Waals surface area (Å²) in [5, 5.41) is 11.6. The Bertz CT molecular complexity index is 534. The number of aryl methyl sites for hydroxylation is 2. The summed E-state index contributed by atoms with van der Waals surface area (Å²) in [7, 11) is 1.60. The number of hydrogen-bond acceptors (Lipinski definition) is 3. The van der Waals surface area contributed by atoms with E-state index >= 15 is 0 Å². The molecule has 5 nitrogen and oxygen atoms in total. The molecule has 1 atom stereocenters. The van der Waals surface area contributed by atoms with Gasteiger partial charge in [-0.3, -0.25) is 0 Å². The molecule has 1 heterocycles. The number of nitrogens with one attached hydrogen (secondary N) is 1. The van der Waals surface area contributed by atoms with E-state index in [1.165, 1.54) is 0 Å². The number of rotatable bonds is 2. The summed E-state index contributed by atoms with van der Waals surface area (Å²) in [5.41, 5.74) is 3.18. The highest BCUT2D eigenvalue weighted by Gasteiger charge is 2.31. The molecule has 0 saturated carbocycles. The second-order valence-corrected chi connectivity index (χ2v) is 4.39.